The van der Waals surface area contributed by atoms with Gasteiger partial charge in [-0.05, 0) is 50.2 Å². The van der Waals surface area contributed by atoms with Crippen molar-refractivity contribution in [1.82, 2.24) is 15.4 Å². The van der Waals surface area contributed by atoms with Crippen LogP contribution < -0.4 is 10.2 Å². The Bertz CT molecular complexity index is 733. The molecule has 3 rings (SSSR count). The first-order valence-electron chi connectivity index (χ1n) is 8.78. The SMILES string of the molecule is O=C(C=Cc1ncc(-c2ccc(OCCN3CCCCC3)cc2)o1)NO. The van der Waals surface area contributed by atoms with Crippen molar-refractivity contribution in [2.75, 3.05) is 26.2 Å². The van der Waals surface area contributed by atoms with E-state index in [-0.39, 0.29) is 5.89 Å². The van der Waals surface area contributed by atoms with Gasteiger partial charge in [0.05, 0.1) is 6.20 Å². The quantitative estimate of drug-likeness (QED) is 0.450. The highest BCUT2D eigenvalue weighted by Crippen LogP contribution is 2.23. The smallest absolute Gasteiger partial charge is 0.267 e. The minimum absolute atomic E-state index is 0.283. The monoisotopic (exact) mass is 357 g/mol. The third kappa shape index (κ3) is 5.18. The first-order valence-corrected chi connectivity index (χ1v) is 8.78. The molecule has 2 heterocycles. The minimum Gasteiger partial charge on any atom is -0.492 e. The fourth-order valence-corrected chi connectivity index (χ4v) is 2.87. The highest BCUT2D eigenvalue weighted by molar-refractivity contribution is 5.90. The molecule has 0 unspecified atom stereocenters. The van der Waals surface area contributed by atoms with E-state index in [9.17, 15) is 4.79 Å². The number of nitrogens with zero attached hydrogens (tertiary/aromatic N) is 2. The van der Waals surface area contributed by atoms with Crippen molar-refractivity contribution in [3.63, 3.8) is 0 Å². The average Bonchev–Trinajstić information content (AvgIpc) is 3.16. The zero-order valence-electron chi connectivity index (χ0n) is 14.6. The molecule has 1 aliphatic rings. The predicted molar refractivity (Wildman–Crippen MR) is 96.7 cm³/mol. The lowest BCUT2D eigenvalue weighted by molar-refractivity contribution is -0.124. The first-order chi connectivity index (χ1) is 12.7. The maximum atomic E-state index is 11.0. The largest absolute Gasteiger partial charge is 0.492 e. The summed E-state index contributed by atoms with van der Waals surface area (Å²) in [6.45, 7) is 3.99. The van der Waals surface area contributed by atoms with Crippen LogP contribution in [-0.4, -0.2) is 47.2 Å². The molecular weight excluding hydrogens is 334 g/mol. The van der Waals surface area contributed by atoms with E-state index >= 15 is 0 Å². The lowest BCUT2D eigenvalue weighted by Crippen LogP contribution is -2.33. The van der Waals surface area contributed by atoms with Crippen LogP contribution >= 0.6 is 0 Å². The number of aromatic nitrogens is 1. The number of carbonyl (C=O) groups is 1. The van der Waals surface area contributed by atoms with Gasteiger partial charge in [-0.25, -0.2) is 10.5 Å². The van der Waals surface area contributed by atoms with Crippen LogP contribution in [0.15, 0.2) is 41.0 Å². The van der Waals surface area contributed by atoms with Crippen molar-refractivity contribution < 1.29 is 19.2 Å². The number of hydrogen-bond donors (Lipinski definition) is 2. The van der Waals surface area contributed by atoms with Gasteiger partial charge in [0.2, 0.25) is 5.89 Å². The Morgan fingerprint density at radius 2 is 2.04 bits per heavy atom. The highest BCUT2D eigenvalue weighted by Gasteiger charge is 2.10. The summed E-state index contributed by atoms with van der Waals surface area (Å²) in [6, 6.07) is 7.63. The fraction of sp³-hybridized carbons (Fsp3) is 0.368. The summed E-state index contributed by atoms with van der Waals surface area (Å²) in [5.74, 6) is 1.06. The first kappa shape index (κ1) is 18.2. The molecule has 7 nitrogen and oxygen atoms in total. The maximum Gasteiger partial charge on any atom is 0.267 e. The second-order valence-corrected chi connectivity index (χ2v) is 6.15. The number of rotatable bonds is 7. The van der Waals surface area contributed by atoms with Crippen molar-refractivity contribution in [2.24, 2.45) is 0 Å². The van der Waals surface area contributed by atoms with Crippen molar-refractivity contribution in [2.45, 2.75) is 19.3 Å². The van der Waals surface area contributed by atoms with E-state index in [4.69, 9.17) is 14.4 Å². The molecule has 2 aromatic rings. The molecule has 2 N–H and O–H groups in total. The molecule has 138 valence electrons. The van der Waals surface area contributed by atoms with E-state index in [1.165, 1.54) is 43.9 Å². The molecule has 0 saturated carbocycles. The Labute approximate surface area is 152 Å². The second-order valence-electron chi connectivity index (χ2n) is 6.15. The molecule has 7 heteroatoms. The van der Waals surface area contributed by atoms with Crippen LogP contribution in [-0.2, 0) is 4.79 Å². The summed E-state index contributed by atoms with van der Waals surface area (Å²) in [5, 5.41) is 8.44. The van der Waals surface area contributed by atoms with Gasteiger partial charge in [0.15, 0.2) is 5.76 Å². The van der Waals surface area contributed by atoms with E-state index in [1.54, 1.807) is 6.20 Å². The Hall–Kier alpha value is -2.64. The summed E-state index contributed by atoms with van der Waals surface area (Å²) in [4.78, 5) is 17.5. The zero-order valence-corrected chi connectivity index (χ0v) is 14.6. The van der Waals surface area contributed by atoms with Crippen molar-refractivity contribution >= 4 is 12.0 Å². The zero-order chi connectivity index (χ0) is 18.2. The van der Waals surface area contributed by atoms with Gasteiger partial charge in [0.1, 0.15) is 12.4 Å². The molecule has 0 radical (unpaired) electrons. The number of likely N-dealkylation sites (tertiary alicyclic amines) is 1. The molecule has 1 amide bonds. The molecule has 1 aromatic heterocycles. The summed E-state index contributed by atoms with van der Waals surface area (Å²) >= 11 is 0. The molecule has 0 bridgehead atoms. The van der Waals surface area contributed by atoms with Crippen molar-refractivity contribution in [3.05, 3.63) is 42.4 Å². The molecule has 0 atom stereocenters. The molecule has 1 aromatic carbocycles. The molecule has 0 aliphatic carbocycles. The molecule has 1 fully saturated rings. The van der Waals surface area contributed by atoms with Gasteiger partial charge in [-0.15, -0.1) is 0 Å². The van der Waals surface area contributed by atoms with Crippen LogP contribution in [0.1, 0.15) is 25.2 Å². The summed E-state index contributed by atoms with van der Waals surface area (Å²) in [7, 11) is 0. The van der Waals surface area contributed by atoms with E-state index in [0.29, 0.717) is 12.4 Å². The lowest BCUT2D eigenvalue weighted by atomic mass is 10.1. The summed E-state index contributed by atoms with van der Waals surface area (Å²) in [5.41, 5.74) is 2.37. The van der Waals surface area contributed by atoms with Gasteiger partial charge in [-0.2, -0.15) is 0 Å². The van der Waals surface area contributed by atoms with E-state index in [2.05, 4.69) is 9.88 Å². The molecule has 1 aliphatic heterocycles. The molecule has 1 saturated heterocycles. The third-order valence-corrected chi connectivity index (χ3v) is 4.27. The van der Waals surface area contributed by atoms with Crippen LogP contribution in [0, 0.1) is 0 Å². The van der Waals surface area contributed by atoms with Gasteiger partial charge in [-0.1, -0.05) is 6.42 Å². The second kappa shape index (κ2) is 9.17. The molecule has 26 heavy (non-hydrogen) atoms. The number of carbonyl (C=O) groups excluding carboxylic acids is 1. The van der Waals surface area contributed by atoms with E-state index in [1.807, 2.05) is 24.3 Å². The Morgan fingerprint density at radius 3 is 2.77 bits per heavy atom. The van der Waals surface area contributed by atoms with Gasteiger partial charge in [-0.3, -0.25) is 14.9 Å². The Morgan fingerprint density at radius 1 is 1.27 bits per heavy atom. The standard InChI is InChI=1S/C19H23N3O4/c23-18(21-24)8-9-19-20-14-17(26-19)15-4-6-16(7-5-15)25-13-12-22-10-2-1-3-11-22/h4-9,14,24H,1-3,10-13H2,(H,21,23). The molecular formula is C19H23N3O4. The summed E-state index contributed by atoms with van der Waals surface area (Å²) in [6.07, 6.45) is 8.01. The van der Waals surface area contributed by atoms with Crippen LogP contribution in [0.3, 0.4) is 0 Å². The molecule has 0 spiro atoms. The number of oxazole rings is 1. The van der Waals surface area contributed by atoms with Crippen molar-refractivity contribution in [3.8, 4) is 17.1 Å². The predicted octanol–water partition coefficient (Wildman–Crippen LogP) is 2.72. The van der Waals surface area contributed by atoms with Gasteiger partial charge in [0.25, 0.3) is 5.91 Å². The van der Waals surface area contributed by atoms with Gasteiger partial charge in [0, 0.05) is 24.3 Å². The van der Waals surface area contributed by atoms with Crippen LogP contribution in [0.4, 0.5) is 0 Å². The number of ether oxygens (including phenoxy) is 1. The lowest BCUT2D eigenvalue weighted by Gasteiger charge is -2.26. The maximum absolute atomic E-state index is 11.0. The number of hydroxylamine groups is 1. The van der Waals surface area contributed by atoms with Crippen LogP contribution in [0.5, 0.6) is 5.75 Å². The van der Waals surface area contributed by atoms with Crippen molar-refractivity contribution in [1.29, 1.82) is 0 Å². The number of piperidine rings is 1. The van der Waals surface area contributed by atoms with Crippen LogP contribution in [0.25, 0.3) is 17.4 Å². The topological polar surface area (TPSA) is 87.8 Å². The van der Waals surface area contributed by atoms with E-state index < -0.39 is 5.91 Å². The number of nitrogens with one attached hydrogen (secondary N) is 1. The minimum atomic E-state index is -0.643. The number of amides is 1. The number of hydrogen-bond acceptors (Lipinski definition) is 6. The highest BCUT2D eigenvalue weighted by atomic mass is 16.5. The van der Waals surface area contributed by atoms with Crippen LogP contribution in [0.2, 0.25) is 0 Å². The normalized spacial score (nSPS) is 15.3. The van der Waals surface area contributed by atoms with E-state index in [0.717, 1.165) is 23.9 Å². The van der Waals surface area contributed by atoms with Gasteiger partial charge < -0.3 is 9.15 Å². The summed E-state index contributed by atoms with van der Waals surface area (Å²) < 4.78 is 11.4. The fourth-order valence-electron chi connectivity index (χ4n) is 2.87. The Kier molecular flexibility index (Phi) is 6.40. The third-order valence-electron chi connectivity index (χ3n) is 4.27. The van der Waals surface area contributed by atoms with Gasteiger partial charge >= 0.3 is 0 Å². The average molecular weight is 357 g/mol. The number of benzene rings is 1. The Balaban J connectivity index is 1.51.